The fraction of sp³-hybridized carbons (Fsp3) is 0.875. The first-order valence-electron chi connectivity index (χ1n) is 15.7. The second kappa shape index (κ2) is 10.6. The second-order valence-electron chi connectivity index (χ2n) is 14.3. The number of fused-ring (bicyclic) bond motifs is 5. The quantitative estimate of drug-likeness (QED) is 0.373. The third kappa shape index (κ3) is 4.69. The van der Waals surface area contributed by atoms with Crippen LogP contribution in [0.15, 0.2) is 11.6 Å². The van der Waals surface area contributed by atoms with Crippen molar-refractivity contribution in [1.29, 1.82) is 0 Å². The number of hydrogen-bond acceptors (Lipinski definition) is 9. The predicted octanol–water partition coefficient (Wildman–Crippen LogP) is 3.68. The zero-order chi connectivity index (χ0) is 29.3. The van der Waals surface area contributed by atoms with Crippen LogP contribution in [0, 0.1) is 34.5 Å². The molecule has 9 nitrogen and oxygen atoms in total. The van der Waals surface area contributed by atoms with Gasteiger partial charge in [0.15, 0.2) is 6.29 Å². The van der Waals surface area contributed by atoms with Crippen LogP contribution in [-0.4, -0.2) is 78.3 Å². The molecule has 0 aromatic rings. The van der Waals surface area contributed by atoms with Gasteiger partial charge in [-0.25, -0.2) is 4.79 Å². The summed E-state index contributed by atoms with van der Waals surface area (Å²) < 4.78 is 29.1. The first-order chi connectivity index (χ1) is 19.4. The Balaban J connectivity index is 1.19. The smallest absolute Gasteiger partial charge is 0.331 e. The highest BCUT2D eigenvalue weighted by Crippen LogP contribution is 2.70. The van der Waals surface area contributed by atoms with Gasteiger partial charge in [0, 0.05) is 44.3 Å². The van der Waals surface area contributed by atoms with Crippen molar-refractivity contribution in [3.05, 3.63) is 11.6 Å². The summed E-state index contributed by atoms with van der Waals surface area (Å²) in [6, 6.07) is 0. The van der Waals surface area contributed by atoms with E-state index in [-0.39, 0.29) is 60.4 Å². The van der Waals surface area contributed by atoms with E-state index in [2.05, 4.69) is 13.8 Å². The minimum absolute atomic E-state index is 0.0898. The van der Waals surface area contributed by atoms with Crippen molar-refractivity contribution in [1.82, 2.24) is 0 Å². The number of esters is 2. The van der Waals surface area contributed by atoms with Crippen molar-refractivity contribution in [2.45, 2.75) is 128 Å². The Morgan fingerprint density at radius 2 is 1.85 bits per heavy atom. The highest BCUT2D eigenvalue weighted by molar-refractivity contribution is 5.85. The molecule has 1 saturated heterocycles. The molecule has 9 heteroatoms. The summed E-state index contributed by atoms with van der Waals surface area (Å²) in [6.07, 6.45) is 7.14. The van der Waals surface area contributed by atoms with Crippen molar-refractivity contribution >= 4 is 11.9 Å². The lowest BCUT2D eigenvalue weighted by Gasteiger charge is -2.63. The third-order valence-corrected chi connectivity index (χ3v) is 12.5. The van der Waals surface area contributed by atoms with Crippen LogP contribution >= 0.6 is 0 Å². The molecular formula is C32H48O9. The molecule has 6 rings (SSSR count). The van der Waals surface area contributed by atoms with Gasteiger partial charge in [0.25, 0.3) is 0 Å². The van der Waals surface area contributed by atoms with Crippen LogP contribution in [0.4, 0.5) is 0 Å². The van der Waals surface area contributed by atoms with E-state index in [4.69, 9.17) is 23.7 Å². The molecule has 5 fully saturated rings. The van der Waals surface area contributed by atoms with E-state index in [1.54, 1.807) is 13.2 Å². The maximum absolute atomic E-state index is 12.7. The minimum Gasteiger partial charge on any atom is -0.462 e. The Hall–Kier alpha value is -1.52. The predicted molar refractivity (Wildman–Crippen MR) is 147 cm³/mol. The van der Waals surface area contributed by atoms with Crippen LogP contribution in [0.1, 0.15) is 85.5 Å². The Morgan fingerprint density at radius 3 is 2.54 bits per heavy atom. The molecule has 2 aliphatic heterocycles. The lowest BCUT2D eigenvalue weighted by atomic mass is 9.43. The summed E-state index contributed by atoms with van der Waals surface area (Å²) in [5, 5.41) is 23.0. The molecule has 0 spiro atoms. The van der Waals surface area contributed by atoms with E-state index in [0.717, 1.165) is 50.5 Å². The van der Waals surface area contributed by atoms with Crippen LogP contribution in [0.25, 0.3) is 0 Å². The van der Waals surface area contributed by atoms with Crippen molar-refractivity contribution in [3.8, 4) is 0 Å². The highest BCUT2D eigenvalue weighted by Gasteiger charge is 2.71. The largest absolute Gasteiger partial charge is 0.462 e. The van der Waals surface area contributed by atoms with Crippen LogP contribution in [0.2, 0.25) is 0 Å². The average molecular weight is 577 g/mol. The molecular weight excluding hydrogens is 528 g/mol. The Morgan fingerprint density at radius 1 is 1.07 bits per heavy atom. The zero-order valence-electron chi connectivity index (χ0n) is 25.2. The number of methoxy groups -OCH3 is 1. The summed E-state index contributed by atoms with van der Waals surface area (Å²) in [6.45, 7) is 8.06. The molecule has 2 N–H and O–H groups in total. The molecule has 0 aromatic heterocycles. The van der Waals surface area contributed by atoms with Gasteiger partial charge < -0.3 is 33.9 Å². The molecule has 0 bridgehead atoms. The first kappa shape index (κ1) is 29.5. The van der Waals surface area contributed by atoms with E-state index >= 15 is 0 Å². The Labute approximate surface area is 243 Å². The van der Waals surface area contributed by atoms with Gasteiger partial charge in [0.05, 0.1) is 23.9 Å². The van der Waals surface area contributed by atoms with Gasteiger partial charge in [0.2, 0.25) is 0 Å². The van der Waals surface area contributed by atoms with E-state index in [1.165, 1.54) is 6.92 Å². The van der Waals surface area contributed by atoms with E-state index < -0.39 is 23.2 Å². The molecule has 0 aromatic carbocycles. The number of aliphatic hydroxyl groups is 2. The normalized spacial score (nSPS) is 51.2. The number of ether oxygens (including phenoxy) is 5. The van der Waals surface area contributed by atoms with Crippen molar-refractivity contribution < 1.29 is 43.5 Å². The van der Waals surface area contributed by atoms with Gasteiger partial charge in [0.1, 0.15) is 18.8 Å². The summed E-state index contributed by atoms with van der Waals surface area (Å²) in [5.41, 5.74) is -0.559. The molecule has 4 saturated carbocycles. The van der Waals surface area contributed by atoms with Gasteiger partial charge in [-0.3, -0.25) is 4.79 Å². The molecule has 2 heterocycles. The first-order valence-corrected chi connectivity index (χ1v) is 15.7. The summed E-state index contributed by atoms with van der Waals surface area (Å²) in [7, 11) is 1.62. The lowest BCUT2D eigenvalue weighted by molar-refractivity contribution is -0.273. The standard InChI is InChI=1S/C32H48O9/c1-17-29(35)24(37-5)14-27(39-17)41-21-8-10-30(3)20(13-21)6-7-23-22(30)9-11-31(4)28(19-12-26(34)38-16-19)25(40-18(2)33)15-32(23,31)36/h12,17,20-25,27-29,35-36H,6-11,13-16H2,1-5H3/t17-,20+,21-,22-,23+,24-,25-,27-,28-,29?,30-,31+,32-/m0/s1. The fourth-order valence-electron chi connectivity index (χ4n) is 10.4. The van der Waals surface area contributed by atoms with Gasteiger partial charge >= 0.3 is 11.9 Å². The second-order valence-corrected chi connectivity index (χ2v) is 14.3. The monoisotopic (exact) mass is 576 g/mol. The molecule has 0 radical (unpaired) electrons. The van der Waals surface area contributed by atoms with Gasteiger partial charge in [-0.2, -0.15) is 0 Å². The van der Waals surface area contributed by atoms with Crippen molar-refractivity contribution in [2.75, 3.05) is 13.7 Å². The molecule has 0 amide bonds. The summed E-state index contributed by atoms with van der Waals surface area (Å²) >= 11 is 0. The van der Waals surface area contributed by atoms with Crippen LogP contribution in [-0.2, 0) is 33.3 Å². The van der Waals surface area contributed by atoms with Crippen molar-refractivity contribution in [2.24, 2.45) is 34.5 Å². The number of aliphatic hydroxyl groups excluding tert-OH is 1. The number of rotatable bonds is 5. The van der Waals surface area contributed by atoms with E-state index in [1.807, 2.05) is 6.92 Å². The number of carbonyl (C=O) groups excluding carboxylic acids is 2. The molecule has 1 unspecified atom stereocenters. The Kier molecular flexibility index (Phi) is 7.62. The minimum atomic E-state index is -0.990. The van der Waals surface area contributed by atoms with Gasteiger partial charge in [-0.1, -0.05) is 13.8 Å². The maximum Gasteiger partial charge on any atom is 0.331 e. The molecule has 13 atom stereocenters. The summed E-state index contributed by atoms with van der Waals surface area (Å²) in [4.78, 5) is 24.2. The molecule has 230 valence electrons. The van der Waals surface area contributed by atoms with E-state index in [9.17, 15) is 19.8 Å². The highest BCUT2D eigenvalue weighted by atomic mass is 16.7. The lowest BCUT2D eigenvalue weighted by Crippen LogP contribution is -2.62. The van der Waals surface area contributed by atoms with Gasteiger partial charge in [-0.15, -0.1) is 0 Å². The fourth-order valence-corrected chi connectivity index (χ4v) is 10.4. The van der Waals surface area contributed by atoms with Gasteiger partial charge in [-0.05, 0) is 80.6 Å². The number of hydrogen-bond donors (Lipinski definition) is 2. The number of cyclic esters (lactones) is 1. The molecule has 6 aliphatic rings. The molecule has 4 aliphatic carbocycles. The Bertz CT molecular complexity index is 1080. The topological polar surface area (TPSA) is 121 Å². The molecule has 41 heavy (non-hydrogen) atoms. The third-order valence-electron chi connectivity index (χ3n) is 12.5. The summed E-state index contributed by atoms with van der Waals surface area (Å²) in [5.74, 6) is 0.0175. The van der Waals surface area contributed by atoms with Crippen LogP contribution in [0.5, 0.6) is 0 Å². The maximum atomic E-state index is 12.7. The van der Waals surface area contributed by atoms with Crippen LogP contribution < -0.4 is 0 Å². The van der Waals surface area contributed by atoms with Crippen LogP contribution in [0.3, 0.4) is 0 Å². The average Bonchev–Trinajstić information content (AvgIpc) is 3.42. The van der Waals surface area contributed by atoms with E-state index in [0.29, 0.717) is 24.7 Å². The van der Waals surface area contributed by atoms with Crippen molar-refractivity contribution in [3.63, 3.8) is 0 Å². The number of carbonyl (C=O) groups is 2. The zero-order valence-corrected chi connectivity index (χ0v) is 25.2. The SMILES string of the molecule is CO[C@H]1C[C@H](O[C@H]2CC[C@@]3(C)[C@H](CC[C@@H]4[C@@H]3CC[C@]3(C)[C@@H](C5=CC(=O)OC5)[C@@H](OC(C)=O)C[C@]43O)C2)O[C@@H](C)C1O.